The Kier molecular flexibility index (Phi) is 4.01. The summed E-state index contributed by atoms with van der Waals surface area (Å²) in [6.45, 7) is 2.11. The van der Waals surface area contributed by atoms with E-state index in [1.807, 2.05) is 0 Å². The number of fused-ring (bicyclic) bond motifs is 1. The molecule has 7 heteroatoms. The van der Waals surface area contributed by atoms with E-state index >= 15 is 0 Å². The topological polar surface area (TPSA) is 75.4 Å². The van der Waals surface area contributed by atoms with Crippen molar-refractivity contribution < 1.29 is 9.90 Å². The van der Waals surface area contributed by atoms with Crippen LogP contribution >= 0.6 is 11.3 Å². The van der Waals surface area contributed by atoms with Crippen LogP contribution in [0.5, 0.6) is 0 Å². The molecule has 3 rings (SSSR count). The number of hydrogen-bond donors (Lipinski definition) is 1. The molecule has 1 amide bonds. The first-order chi connectivity index (χ1) is 10.8. The van der Waals surface area contributed by atoms with Crippen LogP contribution in [0.1, 0.15) is 40.9 Å². The van der Waals surface area contributed by atoms with Crippen molar-refractivity contribution in [3.8, 4) is 0 Å². The number of carbonyl (C=O) groups is 1. The zero-order chi connectivity index (χ0) is 16.8. The predicted molar refractivity (Wildman–Crippen MR) is 90.0 cm³/mol. The van der Waals surface area contributed by atoms with Crippen molar-refractivity contribution >= 4 is 27.5 Å². The van der Waals surface area contributed by atoms with Gasteiger partial charge in [0.15, 0.2) is 0 Å². The fourth-order valence-electron chi connectivity index (χ4n) is 3.29. The summed E-state index contributed by atoms with van der Waals surface area (Å²) < 4.78 is 1.42. The monoisotopic (exact) mass is 335 g/mol. The molecule has 1 saturated carbocycles. The standard InChI is InChI=1S/C16H21N3O3S/c1-10-11-13(17-9-19(3)14(11)20)23-12(10)15(21)18(2)8-16(22)6-4-5-7-16/h9,22H,4-8H2,1-3H3. The smallest absolute Gasteiger partial charge is 0.264 e. The summed E-state index contributed by atoms with van der Waals surface area (Å²) in [5.41, 5.74) is -0.238. The molecule has 0 spiro atoms. The molecule has 0 atom stereocenters. The molecule has 1 N–H and O–H groups in total. The molecular formula is C16H21N3O3S. The van der Waals surface area contributed by atoms with Crippen molar-refractivity contribution in [2.45, 2.75) is 38.2 Å². The summed E-state index contributed by atoms with van der Waals surface area (Å²) in [5, 5.41) is 11.0. The maximum atomic E-state index is 12.7. The van der Waals surface area contributed by atoms with Gasteiger partial charge in [-0.3, -0.25) is 9.59 Å². The van der Waals surface area contributed by atoms with Crippen molar-refractivity contribution in [2.24, 2.45) is 7.05 Å². The van der Waals surface area contributed by atoms with Gasteiger partial charge in [-0.2, -0.15) is 0 Å². The minimum Gasteiger partial charge on any atom is -0.388 e. The van der Waals surface area contributed by atoms with Gasteiger partial charge in [0.25, 0.3) is 11.5 Å². The van der Waals surface area contributed by atoms with Crippen LogP contribution in [0.2, 0.25) is 0 Å². The van der Waals surface area contributed by atoms with Crippen LogP contribution in [0.25, 0.3) is 10.2 Å². The first-order valence-electron chi connectivity index (χ1n) is 7.75. The summed E-state index contributed by atoms with van der Waals surface area (Å²) in [4.78, 5) is 31.9. The summed E-state index contributed by atoms with van der Waals surface area (Å²) in [7, 11) is 3.35. The molecule has 0 bridgehead atoms. The number of rotatable bonds is 3. The second-order valence-electron chi connectivity index (χ2n) is 6.49. The Balaban J connectivity index is 1.93. The lowest BCUT2D eigenvalue weighted by Crippen LogP contribution is -2.42. The van der Waals surface area contributed by atoms with Crippen molar-refractivity contribution in [3.63, 3.8) is 0 Å². The van der Waals surface area contributed by atoms with Crippen LogP contribution in [-0.2, 0) is 7.05 Å². The Labute approximate surface area is 138 Å². The lowest BCUT2D eigenvalue weighted by atomic mass is 10.0. The van der Waals surface area contributed by atoms with Crippen molar-refractivity contribution in [2.75, 3.05) is 13.6 Å². The first kappa shape index (κ1) is 16.1. The highest BCUT2D eigenvalue weighted by Gasteiger charge is 2.34. The van der Waals surface area contributed by atoms with Crippen LogP contribution < -0.4 is 5.56 Å². The Hall–Kier alpha value is -1.73. The van der Waals surface area contributed by atoms with Crippen LogP contribution in [0.4, 0.5) is 0 Å². The Morgan fingerprint density at radius 1 is 1.48 bits per heavy atom. The van der Waals surface area contributed by atoms with Gasteiger partial charge in [-0.1, -0.05) is 12.8 Å². The van der Waals surface area contributed by atoms with Crippen LogP contribution in [0, 0.1) is 6.92 Å². The van der Waals surface area contributed by atoms with E-state index < -0.39 is 5.60 Å². The Bertz CT molecular complexity index is 818. The van der Waals surface area contributed by atoms with E-state index in [0.717, 1.165) is 25.7 Å². The molecule has 0 unspecified atom stereocenters. The maximum absolute atomic E-state index is 12.7. The number of aromatic nitrogens is 2. The number of amides is 1. The third-order valence-electron chi connectivity index (χ3n) is 4.62. The molecule has 2 aromatic heterocycles. The van der Waals surface area contributed by atoms with Crippen LogP contribution in [-0.4, -0.2) is 44.7 Å². The lowest BCUT2D eigenvalue weighted by Gasteiger charge is -2.28. The largest absolute Gasteiger partial charge is 0.388 e. The van der Waals surface area contributed by atoms with E-state index in [1.165, 1.54) is 22.2 Å². The average molecular weight is 335 g/mol. The highest BCUT2D eigenvalue weighted by Crippen LogP contribution is 2.32. The SMILES string of the molecule is Cc1c(C(=O)N(C)CC2(O)CCCC2)sc2ncn(C)c(=O)c12. The van der Waals surface area contributed by atoms with Gasteiger partial charge in [-0.05, 0) is 25.3 Å². The van der Waals surface area contributed by atoms with Gasteiger partial charge in [-0.15, -0.1) is 11.3 Å². The van der Waals surface area contributed by atoms with Crippen molar-refractivity contribution in [1.82, 2.24) is 14.5 Å². The third-order valence-corrected chi connectivity index (χ3v) is 5.81. The highest BCUT2D eigenvalue weighted by molar-refractivity contribution is 7.20. The Morgan fingerprint density at radius 3 is 2.78 bits per heavy atom. The number of nitrogens with zero attached hydrogens (tertiary/aromatic N) is 3. The summed E-state index contributed by atoms with van der Waals surface area (Å²) >= 11 is 1.24. The number of likely N-dealkylation sites (N-methyl/N-ethyl adjacent to an activating group) is 1. The number of aliphatic hydroxyl groups is 1. The minimum absolute atomic E-state index is 0.139. The predicted octanol–water partition coefficient (Wildman–Crippen LogP) is 1.68. The minimum atomic E-state index is -0.774. The van der Waals surface area contributed by atoms with Gasteiger partial charge in [0.1, 0.15) is 4.83 Å². The van der Waals surface area contributed by atoms with Gasteiger partial charge < -0.3 is 14.6 Å². The third kappa shape index (κ3) is 2.79. The number of thiophene rings is 1. The van der Waals surface area contributed by atoms with E-state index in [4.69, 9.17) is 0 Å². The van der Waals surface area contributed by atoms with Gasteiger partial charge in [0.2, 0.25) is 0 Å². The number of aryl methyl sites for hydroxylation is 2. The molecule has 6 nitrogen and oxygen atoms in total. The summed E-state index contributed by atoms with van der Waals surface area (Å²) in [6.07, 6.45) is 4.94. The van der Waals surface area contributed by atoms with E-state index in [0.29, 0.717) is 27.2 Å². The molecule has 1 fully saturated rings. The van der Waals surface area contributed by atoms with Gasteiger partial charge >= 0.3 is 0 Å². The molecular weight excluding hydrogens is 314 g/mol. The quantitative estimate of drug-likeness (QED) is 0.926. The van der Waals surface area contributed by atoms with E-state index in [2.05, 4.69) is 4.98 Å². The Morgan fingerprint density at radius 2 is 2.13 bits per heavy atom. The zero-order valence-electron chi connectivity index (χ0n) is 13.6. The van der Waals surface area contributed by atoms with Crippen molar-refractivity contribution in [1.29, 1.82) is 0 Å². The van der Waals surface area contributed by atoms with Gasteiger partial charge in [0.05, 0.1) is 22.2 Å². The van der Waals surface area contributed by atoms with E-state index in [-0.39, 0.29) is 11.5 Å². The molecule has 2 heterocycles. The van der Waals surface area contributed by atoms with Gasteiger partial charge in [0, 0.05) is 20.6 Å². The average Bonchev–Trinajstić information content (AvgIpc) is 3.07. The molecule has 0 aromatic carbocycles. The lowest BCUT2D eigenvalue weighted by molar-refractivity contribution is 0.0158. The molecule has 2 aromatic rings. The highest BCUT2D eigenvalue weighted by atomic mass is 32.1. The van der Waals surface area contributed by atoms with E-state index in [1.54, 1.807) is 25.9 Å². The van der Waals surface area contributed by atoms with Crippen LogP contribution in [0.15, 0.2) is 11.1 Å². The normalized spacial score (nSPS) is 16.9. The fourth-order valence-corrected chi connectivity index (χ4v) is 4.42. The van der Waals surface area contributed by atoms with Gasteiger partial charge in [-0.25, -0.2) is 4.98 Å². The molecule has 0 radical (unpaired) electrons. The zero-order valence-corrected chi connectivity index (χ0v) is 14.4. The molecule has 0 aliphatic heterocycles. The molecule has 0 saturated heterocycles. The van der Waals surface area contributed by atoms with E-state index in [9.17, 15) is 14.7 Å². The second-order valence-corrected chi connectivity index (χ2v) is 7.49. The number of hydrogen-bond acceptors (Lipinski definition) is 5. The second kappa shape index (κ2) is 5.72. The van der Waals surface area contributed by atoms with Crippen molar-refractivity contribution in [3.05, 3.63) is 27.1 Å². The summed E-state index contributed by atoms with van der Waals surface area (Å²) in [6, 6.07) is 0. The number of carbonyl (C=O) groups excluding carboxylic acids is 1. The molecule has 23 heavy (non-hydrogen) atoms. The molecule has 124 valence electrons. The van der Waals surface area contributed by atoms with Crippen LogP contribution in [0.3, 0.4) is 0 Å². The molecule has 1 aliphatic rings. The first-order valence-corrected chi connectivity index (χ1v) is 8.57. The fraction of sp³-hybridized carbons (Fsp3) is 0.562. The molecule has 1 aliphatic carbocycles. The maximum Gasteiger partial charge on any atom is 0.264 e. The summed E-state index contributed by atoms with van der Waals surface area (Å²) in [5.74, 6) is -0.159.